The molecular formula is C24H27B2N3O5. The normalized spacial score (nSPS) is 20.8. The minimum absolute atomic E-state index is 0.212. The van der Waals surface area contributed by atoms with Crippen LogP contribution in [0.2, 0.25) is 0 Å². The molecule has 8 nitrogen and oxygen atoms in total. The van der Waals surface area contributed by atoms with Crippen molar-refractivity contribution in [3.63, 3.8) is 0 Å². The van der Waals surface area contributed by atoms with Gasteiger partial charge in [-0.15, -0.1) is 0 Å². The molecular weight excluding hydrogens is 432 g/mol. The molecule has 34 heavy (non-hydrogen) atoms. The van der Waals surface area contributed by atoms with Crippen molar-refractivity contribution in [2.45, 2.75) is 37.5 Å². The Morgan fingerprint density at radius 1 is 1.26 bits per heavy atom. The zero-order valence-corrected chi connectivity index (χ0v) is 19.6. The molecule has 2 aromatic carbocycles. The number of hydrogen-bond acceptors (Lipinski definition) is 6. The summed E-state index contributed by atoms with van der Waals surface area (Å²) in [6, 6.07) is 11.6. The number of aliphatic hydroxyl groups excluding tert-OH is 1. The topological polar surface area (TPSA) is 94.8 Å². The lowest BCUT2D eigenvalue weighted by Gasteiger charge is -2.28. The number of nitrogens with zero attached hydrogens (tertiary/aromatic N) is 2. The van der Waals surface area contributed by atoms with Crippen molar-refractivity contribution in [1.29, 1.82) is 0 Å². The predicted molar refractivity (Wildman–Crippen MR) is 131 cm³/mol. The van der Waals surface area contributed by atoms with Gasteiger partial charge in [0.2, 0.25) is 0 Å². The molecule has 0 spiro atoms. The molecule has 0 unspecified atom stereocenters. The molecule has 174 valence electrons. The number of hydrogen-bond donors (Lipinski definition) is 2. The second-order valence-corrected chi connectivity index (χ2v) is 9.28. The van der Waals surface area contributed by atoms with E-state index in [1.807, 2.05) is 57.8 Å². The fourth-order valence-corrected chi connectivity index (χ4v) is 4.42. The zero-order valence-electron chi connectivity index (χ0n) is 19.6. The second kappa shape index (κ2) is 8.85. The second-order valence-electron chi connectivity index (χ2n) is 9.28. The van der Waals surface area contributed by atoms with Gasteiger partial charge in [-0.05, 0) is 60.7 Å². The van der Waals surface area contributed by atoms with E-state index in [0.29, 0.717) is 36.5 Å². The van der Waals surface area contributed by atoms with Crippen molar-refractivity contribution in [2.24, 2.45) is 0 Å². The van der Waals surface area contributed by atoms with Gasteiger partial charge < -0.3 is 24.6 Å². The molecule has 0 saturated carbocycles. The Kier molecular flexibility index (Phi) is 5.87. The number of ether oxygens (including phenoxy) is 3. The number of benzene rings is 2. The third-order valence-corrected chi connectivity index (χ3v) is 6.27. The highest BCUT2D eigenvalue weighted by Crippen LogP contribution is 2.44. The van der Waals surface area contributed by atoms with E-state index in [-0.39, 0.29) is 18.6 Å². The number of nitrogens with one attached hydrogen (secondary N) is 1. The van der Waals surface area contributed by atoms with Gasteiger partial charge in [0, 0.05) is 19.0 Å². The highest BCUT2D eigenvalue weighted by molar-refractivity contribution is 6.38. The monoisotopic (exact) mass is 459 g/mol. The minimum Gasteiger partial charge on any atom is -0.466 e. The number of aliphatic hydroxyl groups is 1. The molecule has 0 radical (unpaired) electrons. The van der Waals surface area contributed by atoms with E-state index in [1.54, 1.807) is 6.20 Å². The summed E-state index contributed by atoms with van der Waals surface area (Å²) < 4.78 is 19.2. The first-order valence-electron chi connectivity index (χ1n) is 11.5. The van der Waals surface area contributed by atoms with Gasteiger partial charge in [0.15, 0.2) is 32.8 Å². The van der Waals surface area contributed by atoms with Gasteiger partial charge >= 0.3 is 0 Å². The zero-order chi connectivity index (χ0) is 23.9. The summed E-state index contributed by atoms with van der Waals surface area (Å²) in [5, 5.41) is 17.5. The molecule has 10 heteroatoms. The smallest absolute Gasteiger partial charge is 0.255 e. The van der Waals surface area contributed by atoms with Crippen LogP contribution in [0.25, 0.3) is 5.69 Å². The van der Waals surface area contributed by atoms with Crippen LogP contribution in [0, 0.1) is 6.92 Å². The Balaban J connectivity index is 1.45. The molecule has 3 heterocycles. The number of fused-ring (bicyclic) bond motifs is 1. The molecule has 0 bridgehead atoms. The Labute approximate surface area is 200 Å². The summed E-state index contributed by atoms with van der Waals surface area (Å²) >= 11 is 0. The number of rotatable bonds is 5. The molecule has 2 aliphatic heterocycles. The van der Waals surface area contributed by atoms with Crippen LogP contribution in [0.15, 0.2) is 48.8 Å². The number of carbonyl (C=O) groups excluding carboxylic acids is 1. The standard InChI is InChI=1S/C24H27B2N3O5/c1-14-16(11-15-3-5-17(6-4-15)29-9-2-8-27-29)12-18(22-21(14)33-24(25,26)34-22)23(31)28-19-7-10-32-13-20(19)30/h2-6,8-9,12,19-20,30H,7,10-11,13,25-26H2,1H3,(H,28,31)/t19-,20-/m0/s1. The first-order valence-corrected chi connectivity index (χ1v) is 11.5. The predicted octanol–water partition coefficient (Wildman–Crippen LogP) is 0.300. The Bertz CT molecular complexity index is 1200. The largest absolute Gasteiger partial charge is 0.466 e. The third-order valence-electron chi connectivity index (χ3n) is 6.27. The van der Waals surface area contributed by atoms with Crippen LogP contribution in [0.3, 0.4) is 0 Å². The van der Waals surface area contributed by atoms with Crippen molar-refractivity contribution in [3.05, 3.63) is 71.0 Å². The van der Waals surface area contributed by atoms with Crippen molar-refractivity contribution in [1.82, 2.24) is 15.1 Å². The van der Waals surface area contributed by atoms with Crippen LogP contribution in [0.1, 0.15) is 33.5 Å². The maximum Gasteiger partial charge on any atom is 0.255 e. The van der Waals surface area contributed by atoms with Crippen molar-refractivity contribution < 1.29 is 24.1 Å². The number of aromatic nitrogens is 2. The van der Waals surface area contributed by atoms with Crippen LogP contribution >= 0.6 is 0 Å². The average Bonchev–Trinajstić information content (AvgIpc) is 3.45. The molecule has 2 aliphatic rings. The van der Waals surface area contributed by atoms with Gasteiger partial charge in [0.05, 0.1) is 30.0 Å². The van der Waals surface area contributed by atoms with E-state index in [2.05, 4.69) is 22.5 Å². The van der Waals surface area contributed by atoms with E-state index in [4.69, 9.17) is 14.2 Å². The summed E-state index contributed by atoms with van der Waals surface area (Å²) in [7, 11) is 3.65. The van der Waals surface area contributed by atoms with Crippen molar-refractivity contribution in [3.8, 4) is 17.2 Å². The molecule has 1 aromatic heterocycles. The molecule has 2 atom stereocenters. The van der Waals surface area contributed by atoms with Gasteiger partial charge in [-0.25, -0.2) is 4.68 Å². The van der Waals surface area contributed by atoms with Gasteiger partial charge in [-0.2, -0.15) is 5.10 Å². The van der Waals surface area contributed by atoms with Crippen LogP contribution in [-0.2, 0) is 11.2 Å². The van der Waals surface area contributed by atoms with Crippen LogP contribution in [0.4, 0.5) is 0 Å². The van der Waals surface area contributed by atoms with E-state index in [0.717, 1.165) is 22.4 Å². The maximum atomic E-state index is 13.3. The first kappa shape index (κ1) is 22.6. The summed E-state index contributed by atoms with van der Waals surface area (Å²) in [6.07, 6.45) is 4.09. The maximum absolute atomic E-state index is 13.3. The number of carbonyl (C=O) groups is 1. The molecule has 2 N–H and O–H groups in total. The van der Waals surface area contributed by atoms with Crippen LogP contribution < -0.4 is 14.8 Å². The van der Waals surface area contributed by atoms with Gasteiger partial charge in [0.25, 0.3) is 5.91 Å². The Morgan fingerprint density at radius 3 is 2.74 bits per heavy atom. The summed E-state index contributed by atoms with van der Waals surface area (Å²) in [5.41, 5.74) is 3.54. The van der Waals surface area contributed by atoms with E-state index in [1.165, 1.54) is 0 Å². The van der Waals surface area contributed by atoms with Crippen molar-refractivity contribution in [2.75, 3.05) is 13.2 Å². The first-order chi connectivity index (χ1) is 16.3. The van der Waals surface area contributed by atoms with Gasteiger partial charge in [-0.1, -0.05) is 12.1 Å². The average molecular weight is 459 g/mol. The third kappa shape index (κ3) is 4.43. The van der Waals surface area contributed by atoms with Gasteiger partial charge in [0.1, 0.15) is 0 Å². The summed E-state index contributed by atoms with van der Waals surface area (Å²) in [4.78, 5) is 13.3. The molecule has 3 aromatic rings. The van der Waals surface area contributed by atoms with Gasteiger partial charge in [-0.3, -0.25) is 4.79 Å². The molecule has 1 amide bonds. The van der Waals surface area contributed by atoms with Crippen LogP contribution in [-0.4, -0.2) is 67.4 Å². The fourth-order valence-electron chi connectivity index (χ4n) is 4.42. The lowest BCUT2D eigenvalue weighted by molar-refractivity contribution is -0.0261. The summed E-state index contributed by atoms with van der Waals surface area (Å²) in [6.45, 7) is 2.70. The molecule has 1 saturated heterocycles. The van der Waals surface area contributed by atoms with E-state index < -0.39 is 11.7 Å². The summed E-state index contributed by atoms with van der Waals surface area (Å²) in [5.74, 6) is 0.742. The van der Waals surface area contributed by atoms with Crippen molar-refractivity contribution >= 4 is 21.6 Å². The lowest BCUT2D eigenvalue weighted by atomic mass is 9.76. The molecule has 1 fully saturated rings. The highest BCUT2D eigenvalue weighted by Gasteiger charge is 2.37. The SMILES string of the molecule is BC1(B)Oc2c(C(=O)N[C@H]3CCOC[C@@H]3O)cc(Cc3ccc(-n4cccn4)cc3)c(C)c2O1. The number of amides is 1. The lowest BCUT2D eigenvalue weighted by Crippen LogP contribution is -2.48. The Morgan fingerprint density at radius 2 is 2.03 bits per heavy atom. The molecule has 0 aliphatic carbocycles. The minimum atomic E-state index is -0.871. The van der Waals surface area contributed by atoms with Crippen LogP contribution in [0.5, 0.6) is 11.5 Å². The highest BCUT2D eigenvalue weighted by atomic mass is 16.7. The van der Waals surface area contributed by atoms with E-state index >= 15 is 0 Å². The quantitative estimate of drug-likeness (QED) is 0.534. The Hall–Kier alpha value is -3.23. The van der Waals surface area contributed by atoms with E-state index in [9.17, 15) is 9.90 Å². The fraction of sp³-hybridized carbons (Fsp3) is 0.333. The molecule has 5 rings (SSSR count).